The topological polar surface area (TPSA) is 57.4 Å². The first-order chi connectivity index (χ1) is 8.33. The number of hydrogen-bond donors (Lipinski definition) is 2. The van der Waals surface area contributed by atoms with E-state index in [1.807, 2.05) is 42.7 Å². The third-order valence-electron chi connectivity index (χ3n) is 2.45. The lowest BCUT2D eigenvalue weighted by molar-refractivity contribution is 1.10. The van der Waals surface area contributed by atoms with Gasteiger partial charge < -0.3 is 9.97 Å². The van der Waals surface area contributed by atoms with Crippen molar-refractivity contribution in [3.63, 3.8) is 0 Å². The second-order valence-corrected chi connectivity index (χ2v) is 4.28. The van der Waals surface area contributed by atoms with Crippen molar-refractivity contribution in [2.45, 2.75) is 0 Å². The van der Waals surface area contributed by atoms with Crippen LogP contribution in [0.3, 0.4) is 0 Å². The van der Waals surface area contributed by atoms with E-state index >= 15 is 0 Å². The summed E-state index contributed by atoms with van der Waals surface area (Å²) in [5.74, 6) is 0. The molecule has 0 amide bonds. The number of nitrogens with one attached hydrogen (secondary N) is 2. The van der Waals surface area contributed by atoms with Gasteiger partial charge in [0.15, 0.2) is 4.73 Å². The van der Waals surface area contributed by atoms with Crippen LogP contribution in [-0.2, 0) is 0 Å². The highest BCUT2D eigenvalue weighted by molar-refractivity contribution is 9.10. The molecule has 0 radical (unpaired) electrons. The second-order valence-electron chi connectivity index (χ2n) is 3.58. The molecule has 2 N–H and O–H groups in total. The molecule has 17 heavy (non-hydrogen) atoms. The van der Waals surface area contributed by atoms with Crippen LogP contribution >= 0.6 is 15.9 Å². The van der Waals surface area contributed by atoms with Gasteiger partial charge in [-0.3, -0.25) is 0 Å². The van der Waals surface area contributed by atoms with Crippen LogP contribution in [0.2, 0.25) is 0 Å². The lowest BCUT2D eigenvalue weighted by atomic mass is 10.2. The fourth-order valence-corrected chi connectivity index (χ4v) is 2.06. The van der Waals surface area contributed by atoms with Gasteiger partial charge in [-0.15, -0.1) is 0 Å². The molecule has 0 fully saturated rings. The minimum atomic E-state index is 0.578. The van der Waals surface area contributed by atoms with Crippen molar-refractivity contribution in [1.82, 2.24) is 19.9 Å². The lowest BCUT2D eigenvalue weighted by Gasteiger charge is -2.02. The standard InChI is InChI=1S/C12H9BrN4/c13-12-16-10(8-3-1-5-14-8)7-11(17-12)9-4-2-6-15-9/h1-7,14-15H. The Bertz CT molecular complexity index is 562. The number of aromatic amines is 2. The quantitative estimate of drug-likeness (QED) is 0.712. The third kappa shape index (κ3) is 2.01. The van der Waals surface area contributed by atoms with Crippen LogP contribution in [0.25, 0.3) is 22.8 Å². The number of hydrogen-bond acceptors (Lipinski definition) is 2. The molecule has 3 aromatic heterocycles. The van der Waals surface area contributed by atoms with Crippen molar-refractivity contribution in [1.29, 1.82) is 0 Å². The summed E-state index contributed by atoms with van der Waals surface area (Å²) in [5, 5.41) is 0. The van der Waals surface area contributed by atoms with Crippen molar-refractivity contribution >= 4 is 15.9 Å². The molecule has 0 aliphatic rings. The van der Waals surface area contributed by atoms with Gasteiger partial charge in [-0.1, -0.05) is 0 Å². The largest absolute Gasteiger partial charge is 0.360 e. The molecule has 0 saturated heterocycles. The predicted octanol–water partition coefficient (Wildman–Crippen LogP) is 3.23. The molecule has 3 aromatic rings. The van der Waals surface area contributed by atoms with Gasteiger partial charge in [-0.05, 0) is 46.3 Å². The highest BCUT2D eigenvalue weighted by Crippen LogP contribution is 2.23. The molecule has 0 aliphatic carbocycles. The van der Waals surface area contributed by atoms with E-state index in [2.05, 4.69) is 35.9 Å². The van der Waals surface area contributed by atoms with E-state index in [4.69, 9.17) is 0 Å². The number of nitrogens with zero attached hydrogens (tertiary/aromatic N) is 2. The maximum Gasteiger partial charge on any atom is 0.197 e. The number of rotatable bonds is 2. The van der Waals surface area contributed by atoms with Crippen LogP contribution in [0.5, 0.6) is 0 Å². The zero-order chi connectivity index (χ0) is 11.7. The predicted molar refractivity (Wildman–Crippen MR) is 69.3 cm³/mol. The Kier molecular flexibility index (Phi) is 2.53. The van der Waals surface area contributed by atoms with Crippen molar-refractivity contribution in [3.05, 3.63) is 47.5 Å². The second kappa shape index (κ2) is 4.18. The molecule has 0 saturated carbocycles. The van der Waals surface area contributed by atoms with E-state index in [9.17, 15) is 0 Å². The molecular weight excluding hydrogens is 280 g/mol. The number of aromatic nitrogens is 4. The third-order valence-corrected chi connectivity index (χ3v) is 2.80. The first kappa shape index (κ1) is 10.3. The SMILES string of the molecule is Brc1nc(-c2ccc[nH]2)cc(-c2ccc[nH]2)n1. The molecule has 3 heterocycles. The van der Waals surface area contributed by atoms with E-state index in [-0.39, 0.29) is 0 Å². The Labute approximate surface area is 106 Å². The first-order valence-electron chi connectivity index (χ1n) is 5.15. The van der Waals surface area contributed by atoms with Gasteiger partial charge in [0, 0.05) is 12.4 Å². The molecule has 84 valence electrons. The van der Waals surface area contributed by atoms with Crippen LogP contribution in [0.15, 0.2) is 47.5 Å². The Hall–Kier alpha value is -1.88. The van der Waals surface area contributed by atoms with Crippen molar-refractivity contribution in [3.8, 4) is 22.8 Å². The van der Waals surface area contributed by atoms with E-state index in [0.29, 0.717) is 4.73 Å². The van der Waals surface area contributed by atoms with Gasteiger partial charge in [0.1, 0.15) is 0 Å². The summed E-state index contributed by atoms with van der Waals surface area (Å²) < 4.78 is 0.578. The number of H-pyrrole nitrogens is 2. The monoisotopic (exact) mass is 288 g/mol. The summed E-state index contributed by atoms with van der Waals surface area (Å²) in [6.45, 7) is 0. The van der Waals surface area contributed by atoms with Crippen molar-refractivity contribution in [2.24, 2.45) is 0 Å². The Morgan fingerprint density at radius 1 is 0.882 bits per heavy atom. The summed E-state index contributed by atoms with van der Waals surface area (Å²) in [7, 11) is 0. The molecule has 5 heteroatoms. The van der Waals surface area contributed by atoms with Crippen LogP contribution in [0, 0.1) is 0 Å². The normalized spacial score (nSPS) is 10.6. The molecule has 3 rings (SSSR count). The van der Waals surface area contributed by atoms with Crippen LogP contribution in [0.4, 0.5) is 0 Å². The maximum atomic E-state index is 4.35. The van der Waals surface area contributed by atoms with Gasteiger partial charge in [0.2, 0.25) is 0 Å². The lowest BCUT2D eigenvalue weighted by Crippen LogP contribution is -1.92. The van der Waals surface area contributed by atoms with Crippen molar-refractivity contribution < 1.29 is 0 Å². The van der Waals surface area contributed by atoms with E-state index in [1.165, 1.54) is 0 Å². The zero-order valence-electron chi connectivity index (χ0n) is 8.81. The average Bonchev–Trinajstić information content (AvgIpc) is 3.02. The van der Waals surface area contributed by atoms with E-state index < -0.39 is 0 Å². The summed E-state index contributed by atoms with van der Waals surface area (Å²) in [6.07, 6.45) is 3.75. The van der Waals surface area contributed by atoms with Crippen LogP contribution in [-0.4, -0.2) is 19.9 Å². The Morgan fingerprint density at radius 3 is 1.82 bits per heavy atom. The molecule has 0 aromatic carbocycles. The molecule has 0 bridgehead atoms. The van der Waals surface area contributed by atoms with Crippen molar-refractivity contribution in [2.75, 3.05) is 0 Å². The van der Waals surface area contributed by atoms with E-state index in [1.54, 1.807) is 0 Å². The summed E-state index contributed by atoms with van der Waals surface area (Å²) in [5.41, 5.74) is 3.67. The van der Waals surface area contributed by atoms with Crippen LogP contribution < -0.4 is 0 Å². The fourth-order valence-electron chi connectivity index (χ4n) is 1.67. The summed E-state index contributed by atoms with van der Waals surface area (Å²) >= 11 is 3.33. The van der Waals surface area contributed by atoms with Gasteiger partial charge in [-0.25, -0.2) is 9.97 Å². The number of halogens is 1. The zero-order valence-corrected chi connectivity index (χ0v) is 10.4. The summed E-state index contributed by atoms with van der Waals surface area (Å²) in [4.78, 5) is 15.0. The van der Waals surface area contributed by atoms with Gasteiger partial charge in [-0.2, -0.15) is 0 Å². The molecule has 0 aliphatic heterocycles. The van der Waals surface area contributed by atoms with Gasteiger partial charge >= 0.3 is 0 Å². The molecule has 0 atom stereocenters. The highest BCUT2D eigenvalue weighted by atomic mass is 79.9. The Morgan fingerprint density at radius 2 is 1.41 bits per heavy atom. The maximum absolute atomic E-state index is 4.35. The van der Waals surface area contributed by atoms with Gasteiger partial charge in [0.25, 0.3) is 0 Å². The summed E-state index contributed by atoms with van der Waals surface area (Å²) in [6, 6.07) is 9.79. The molecule has 0 unspecified atom stereocenters. The fraction of sp³-hybridized carbons (Fsp3) is 0. The first-order valence-corrected chi connectivity index (χ1v) is 5.94. The minimum Gasteiger partial charge on any atom is -0.360 e. The average molecular weight is 289 g/mol. The molecular formula is C12H9BrN4. The molecule has 0 spiro atoms. The van der Waals surface area contributed by atoms with Crippen LogP contribution in [0.1, 0.15) is 0 Å². The highest BCUT2D eigenvalue weighted by Gasteiger charge is 2.07. The van der Waals surface area contributed by atoms with E-state index in [0.717, 1.165) is 22.8 Å². The molecule has 4 nitrogen and oxygen atoms in total. The smallest absolute Gasteiger partial charge is 0.197 e. The minimum absolute atomic E-state index is 0.578. The Balaban J connectivity index is 2.13. The van der Waals surface area contributed by atoms with Gasteiger partial charge in [0.05, 0.1) is 22.8 Å².